The number of methoxy groups -OCH3 is 1. The third-order valence-electron chi connectivity index (χ3n) is 2.79. The molecule has 0 heterocycles. The van der Waals surface area contributed by atoms with Gasteiger partial charge in [0.15, 0.2) is 0 Å². The van der Waals surface area contributed by atoms with Crippen LogP contribution in [0, 0.1) is 5.92 Å². The summed E-state index contributed by atoms with van der Waals surface area (Å²) in [7, 11) is 1.53. The van der Waals surface area contributed by atoms with Crippen molar-refractivity contribution in [3.8, 4) is 11.5 Å². The number of anilines is 1. The van der Waals surface area contributed by atoms with Crippen LogP contribution in [0.15, 0.2) is 18.2 Å². The van der Waals surface area contributed by atoms with Crippen LogP contribution < -0.4 is 14.8 Å². The molecule has 0 aliphatic carbocycles. The molecular weight excluding hydrogens is 240 g/mol. The molecule has 0 amide bonds. The smallest absolute Gasteiger partial charge is 0.387 e. The van der Waals surface area contributed by atoms with Gasteiger partial charge in [0, 0.05) is 12.1 Å². The number of hydrogen-bond acceptors (Lipinski definition) is 3. The molecule has 0 aromatic heterocycles. The maximum atomic E-state index is 12.3. The molecule has 1 rings (SSSR count). The highest BCUT2D eigenvalue weighted by molar-refractivity contribution is 5.60. The van der Waals surface area contributed by atoms with E-state index in [0.717, 1.165) is 0 Å². The van der Waals surface area contributed by atoms with Crippen molar-refractivity contribution in [3.63, 3.8) is 0 Å². The molecule has 0 saturated heterocycles. The van der Waals surface area contributed by atoms with Crippen molar-refractivity contribution in [2.45, 2.75) is 33.4 Å². The molecule has 102 valence electrons. The van der Waals surface area contributed by atoms with Gasteiger partial charge in [-0.3, -0.25) is 0 Å². The third kappa shape index (κ3) is 4.05. The van der Waals surface area contributed by atoms with Gasteiger partial charge in [-0.05, 0) is 25.0 Å². The molecule has 0 fully saturated rings. The number of rotatable bonds is 6. The van der Waals surface area contributed by atoms with E-state index in [1.807, 2.05) is 20.8 Å². The van der Waals surface area contributed by atoms with E-state index in [4.69, 9.17) is 4.74 Å². The van der Waals surface area contributed by atoms with Gasteiger partial charge in [0.2, 0.25) is 0 Å². The molecule has 0 radical (unpaired) electrons. The average Bonchev–Trinajstić information content (AvgIpc) is 2.30. The largest absolute Gasteiger partial charge is 0.497 e. The van der Waals surface area contributed by atoms with E-state index >= 15 is 0 Å². The summed E-state index contributed by atoms with van der Waals surface area (Å²) in [5.74, 6) is 1.09. The van der Waals surface area contributed by atoms with Crippen LogP contribution >= 0.6 is 0 Å². The Morgan fingerprint density at radius 3 is 2.33 bits per heavy atom. The number of benzene rings is 1. The fraction of sp³-hybridized carbons (Fsp3) is 0.538. The van der Waals surface area contributed by atoms with Crippen molar-refractivity contribution in [3.05, 3.63) is 18.2 Å². The van der Waals surface area contributed by atoms with Crippen LogP contribution in [-0.2, 0) is 0 Å². The maximum Gasteiger partial charge on any atom is 0.387 e. The van der Waals surface area contributed by atoms with Gasteiger partial charge in [0.05, 0.1) is 12.8 Å². The van der Waals surface area contributed by atoms with Gasteiger partial charge < -0.3 is 14.8 Å². The summed E-state index contributed by atoms with van der Waals surface area (Å²) in [4.78, 5) is 0. The Morgan fingerprint density at radius 1 is 1.17 bits per heavy atom. The van der Waals surface area contributed by atoms with E-state index in [-0.39, 0.29) is 11.8 Å². The lowest BCUT2D eigenvalue weighted by Crippen LogP contribution is -2.22. The Bertz CT molecular complexity index is 383. The summed E-state index contributed by atoms with van der Waals surface area (Å²) in [6.45, 7) is 3.24. The molecule has 1 aromatic carbocycles. The molecule has 0 saturated carbocycles. The number of ether oxygens (including phenoxy) is 2. The first kappa shape index (κ1) is 14.5. The predicted octanol–water partition coefficient (Wildman–Crippen LogP) is 3.75. The summed E-state index contributed by atoms with van der Waals surface area (Å²) in [5.41, 5.74) is 0.510. The van der Waals surface area contributed by atoms with Gasteiger partial charge in [-0.1, -0.05) is 13.8 Å². The molecule has 1 aromatic rings. The highest BCUT2D eigenvalue weighted by atomic mass is 19.3. The minimum absolute atomic E-state index is 0.123. The summed E-state index contributed by atoms with van der Waals surface area (Å²) < 4.78 is 34.1. The quantitative estimate of drug-likeness (QED) is 0.844. The number of halogens is 2. The first-order chi connectivity index (χ1) is 8.43. The van der Waals surface area contributed by atoms with Crippen molar-refractivity contribution in [1.29, 1.82) is 0 Å². The normalized spacial score (nSPS) is 12.7. The molecule has 18 heavy (non-hydrogen) atoms. The minimum Gasteiger partial charge on any atom is -0.497 e. The van der Waals surface area contributed by atoms with E-state index < -0.39 is 6.61 Å². The van der Waals surface area contributed by atoms with Crippen LogP contribution in [0.1, 0.15) is 20.8 Å². The lowest BCUT2D eigenvalue weighted by Gasteiger charge is -2.21. The number of nitrogens with one attached hydrogen (secondary N) is 1. The molecule has 0 aliphatic heterocycles. The Hall–Kier alpha value is -1.52. The first-order valence-electron chi connectivity index (χ1n) is 5.83. The Kier molecular flexibility index (Phi) is 5.19. The first-order valence-corrected chi connectivity index (χ1v) is 5.83. The molecule has 1 unspecified atom stereocenters. The van der Waals surface area contributed by atoms with Crippen molar-refractivity contribution in [2.24, 2.45) is 5.92 Å². The van der Waals surface area contributed by atoms with Crippen LogP contribution in [0.4, 0.5) is 14.5 Å². The molecular formula is C13H19F2NO2. The van der Waals surface area contributed by atoms with Gasteiger partial charge in [0.1, 0.15) is 11.5 Å². The summed E-state index contributed by atoms with van der Waals surface area (Å²) in [6.07, 6.45) is 0. The van der Waals surface area contributed by atoms with E-state index in [9.17, 15) is 8.78 Å². The SMILES string of the molecule is COc1ccc(OC(F)F)c(NC(C)C(C)C)c1. The van der Waals surface area contributed by atoms with E-state index in [1.54, 1.807) is 12.1 Å². The van der Waals surface area contributed by atoms with Crippen LogP contribution in [0.3, 0.4) is 0 Å². The highest BCUT2D eigenvalue weighted by Gasteiger charge is 2.14. The molecule has 0 bridgehead atoms. The zero-order valence-electron chi connectivity index (χ0n) is 11.0. The zero-order valence-corrected chi connectivity index (χ0v) is 11.0. The van der Waals surface area contributed by atoms with Crippen LogP contribution in [0.5, 0.6) is 11.5 Å². The van der Waals surface area contributed by atoms with Gasteiger partial charge in [-0.15, -0.1) is 0 Å². The highest BCUT2D eigenvalue weighted by Crippen LogP contribution is 2.31. The second-order valence-corrected chi connectivity index (χ2v) is 4.42. The summed E-state index contributed by atoms with van der Waals surface area (Å²) in [6, 6.07) is 4.84. The Morgan fingerprint density at radius 2 is 1.83 bits per heavy atom. The van der Waals surface area contributed by atoms with Crippen molar-refractivity contribution >= 4 is 5.69 Å². The summed E-state index contributed by atoms with van der Waals surface area (Å²) in [5, 5.41) is 3.15. The second-order valence-electron chi connectivity index (χ2n) is 4.42. The molecule has 0 spiro atoms. The monoisotopic (exact) mass is 259 g/mol. The Balaban J connectivity index is 2.96. The molecule has 1 atom stereocenters. The maximum absolute atomic E-state index is 12.3. The minimum atomic E-state index is -2.84. The van der Waals surface area contributed by atoms with Gasteiger partial charge >= 0.3 is 6.61 Å². The van der Waals surface area contributed by atoms with Crippen molar-refractivity contribution < 1.29 is 18.3 Å². The van der Waals surface area contributed by atoms with Crippen LogP contribution in [0.2, 0.25) is 0 Å². The van der Waals surface area contributed by atoms with E-state index in [0.29, 0.717) is 17.4 Å². The standard InChI is InChI=1S/C13H19F2NO2/c1-8(2)9(3)16-11-7-10(17-4)5-6-12(11)18-13(14)15/h5-9,13,16H,1-4H3. The van der Waals surface area contributed by atoms with E-state index in [2.05, 4.69) is 10.1 Å². The van der Waals surface area contributed by atoms with Crippen molar-refractivity contribution in [2.75, 3.05) is 12.4 Å². The van der Waals surface area contributed by atoms with Crippen LogP contribution in [-0.4, -0.2) is 19.8 Å². The van der Waals surface area contributed by atoms with E-state index in [1.165, 1.54) is 13.2 Å². The molecule has 0 aliphatic rings. The molecule has 1 N–H and O–H groups in total. The summed E-state index contributed by atoms with van der Waals surface area (Å²) >= 11 is 0. The zero-order chi connectivity index (χ0) is 13.7. The predicted molar refractivity (Wildman–Crippen MR) is 67.5 cm³/mol. The molecule has 3 nitrogen and oxygen atoms in total. The lowest BCUT2D eigenvalue weighted by atomic mass is 10.1. The average molecular weight is 259 g/mol. The Labute approximate surface area is 106 Å². The van der Waals surface area contributed by atoms with Gasteiger partial charge in [-0.2, -0.15) is 8.78 Å². The lowest BCUT2D eigenvalue weighted by molar-refractivity contribution is -0.0494. The third-order valence-corrected chi connectivity index (χ3v) is 2.79. The fourth-order valence-electron chi connectivity index (χ4n) is 1.36. The number of alkyl halides is 2. The fourth-order valence-corrected chi connectivity index (χ4v) is 1.36. The van der Waals surface area contributed by atoms with Gasteiger partial charge in [-0.25, -0.2) is 0 Å². The van der Waals surface area contributed by atoms with Gasteiger partial charge in [0.25, 0.3) is 0 Å². The second kappa shape index (κ2) is 6.42. The topological polar surface area (TPSA) is 30.5 Å². The van der Waals surface area contributed by atoms with Crippen molar-refractivity contribution in [1.82, 2.24) is 0 Å². The van der Waals surface area contributed by atoms with Crippen LogP contribution in [0.25, 0.3) is 0 Å². The number of hydrogen-bond donors (Lipinski definition) is 1. The molecule has 5 heteroatoms.